The van der Waals surface area contributed by atoms with Gasteiger partial charge in [0.05, 0.1) is 10.0 Å². The SMILES string of the molecule is CN(C)S(=O)(=O)c1c(Cl)cc(O)cc1Cl. The van der Waals surface area contributed by atoms with Crippen molar-refractivity contribution in [1.82, 2.24) is 4.31 Å². The van der Waals surface area contributed by atoms with E-state index in [1.54, 1.807) is 0 Å². The van der Waals surface area contributed by atoms with Gasteiger partial charge >= 0.3 is 0 Å². The molecule has 0 radical (unpaired) electrons. The Labute approximate surface area is 98.1 Å². The standard InChI is InChI=1S/C8H9Cl2NO3S/c1-11(2)15(13,14)8-6(9)3-5(12)4-7(8)10/h3-4,12H,1-2H3. The molecule has 1 aromatic carbocycles. The van der Waals surface area contributed by atoms with Gasteiger partial charge in [-0.25, -0.2) is 12.7 Å². The molecule has 0 heterocycles. The lowest BCUT2D eigenvalue weighted by Crippen LogP contribution is -2.22. The highest BCUT2D eigenvalue weighted by Crippen LogP contribution is 2.34. The maximum atomic E-state index is 11.8. The number of hydrogen-bond donors (Lipinski definition) is 1. The van der Waals surface area contributed by atoms with Gasteiger partial charge in [0.2, 0.25) is 10.0 Å². The van der Waals surface area contributed by atoms with Crippen molar-refractivity contribution in [2.24, 2.45) is 0 Å². The van der Waals surface area contributed by atoms with E-state index in [2.05, 4.69) is 0 Å². The first kappa shape index (κ1) is 12.6. The summed E-state index contributed by atoms with van der Waals surface area (Å²) in [6.45, 7) is 0. The molecule has 1 aromatic rings. The Morgan fingerprint density at radius 2 is 1.60 bits per heavy atom. The highest BCUT2D eigenvalue weighted by atomic mass is 35.5. The number of phenols is 1. The van der Waals surface area contributed by atoms with Gasteiger partial charge in [0.25, 0.3) is 0 Å². The number of aromatic hydroxyl groups is 1. The zero-order valence-corrected chi connectivity index (χ0v) is 10.4. The Balaban J connectivity index is 3.52. The van der Waals surface area contributed by atoms with Gasteiger partial charge in [0.15, 0.2) is 0 Å². The van der Waals surface area contributed by atoms with Crippen molar-refractivity contribution in [3.05, 3.63) is 22.2 Å². The Morgan fingerprint density at radius 3 is 1.93 bits per heavy atom. The molecule has 15 heavy (non-hydrogen) atoms. The number of hydrogen-bond acceptors (Lipinski definition) is 3. The fourth-order valence-electron chi connectivity index (χ4n) is 0.976. The Morgan fingerprint density at radius 1 is 1.20 bits per heavy atom. The predicted molar refractivity (Wildman–Crippen MR) is 59.0 cm³/mol. The van der Waals surface area contributed by atoms with Gasteiger partial charge in [0.1, 0.15) is 10.6 Å². The zero-order valence-electron chi connectivity index (χ0n) is 8.03. The van der Waals surface area contributed by atoms with Gasteiger partial charge in [-0.2, -0.15) is 0 Å². The zero-order chi connectivity index (χ0) is 11.8. The normalized spacial score (nSPS) is 12.1. The summed E-state index contributed by atoms with van der Waals surface area (Å²) in [4.78, 5) is -0.200. The summed E-state index contributed by atoms with van der Waals surface area (Å²) in [5.74, 6) is -0.178. The highest BCUT2D eigenvalue weighted by Gasteiger charge is 2.24. The number of nitrogens with zero attached hydrogens (tertiary/aromatic N) is 1. The van der Waals surface area contributed by atoms with Crippen molar-refractivity contribution >= 4 is 33.2 Å². The summed E-state index contributed by atoms with van der Waals surface area (Å²) >= 11 is 11.4. The molecule has 1 N–H and O–H groups in total. The highest BCUT2D eigenvalue weighted by molar-refractivity contribution is 7.89. The molecule has 84 valence electrons. The maximum Gasteiger partial charge on any atom is 0.245 e. The number of benzene rings is 1. The van der Waals surface area contributed by atoms with Crippen molar-refractivity contribution in [3.8, 4) is 5.75 Å². The van der Waals surface area contributed by atoms with Crippen LogP contribution < -0.4 is 0 Å². The maximum absolute atomic E-state index is 11.8. The van der Waals surface area contributed by atoms with E-state index in [4.69, 9.17) is 28.3 Å². The average Bonchev–Trinajstić information content (AvgIpc) is 2.00. The summed E-state index contributed by atoms with van der Waals surface area (Å²) in [7, 11) is -0.957. The smallest absolute Gasteiger partial charge is 0.245 e. The van der Waals surface area contributed by atoms with Gasteiger partial charge in [0, 0.05) is 14.1 Å². The topological polar surface area (TPSA) is 57.6 Å². The van der Waals surface area contributed by atoms with Crippen LogP contribution in [0.3, 0.4) is 0 Å². The molecule has 0 fully saturated rings. The largest absolute Gasteiger partial charge is 0.508 e. The monoisotopic (exact) mass is 269 g/mol. The Kier molecular flexibility index (Phi) is 3.50. The molecule has 0 spiro atoms. The van der Waals surface area contributed by atoms with Crippen LogP contribution in [-0.2, 0) is 10.0 Å². The van der Waals surface area contributed by atoms with Crippen LogP contribution in [0, 0.1) is 0 Å². The van der Waals surface area contributed by atoms with E-state index in [9.17, 15) is 8.42 Å². The molecule has 0 bridgehead atoms. The third-order valence-electron chi connectivity index (χ3n) is 1.72. The fraction of sp³-hybridized carbons (Fsp3) is 0.250. The molecular formula is C8H9Cl2NO3S. The first-order valence-electron chi connectivity index (χ1n) is 3.87. The molecule has 7 heteroatoms. The number of rotatable bonds is 2. The first-order chi connectivity index (χ1) is 6.76. The second kappa shape index (κ2) is 4.17. The van der Waals surface area contributed by atoms with Gasteiger partial charge in [-0.3, -0.25) is 0 Å². The lowest BCUT2D eigenvalue weighted by molar-refractivity contribution is 0.474. The number of halogens is 2. The summed E-state index contributed by atoms with van der Waals surface area (Å²) in [5, 5.41) is 8.94. The Bertz CT molecular complexity index is 462. The minimum atomic E-state index is -3.70. The first-order valence-corrected chi connectivity index (χ1v) is 6.07. The van der Waals surface area contributed by atoms with Crippen LogP contribution in [0.2, 0.25) is 10.0 Å². The van der Waals surface area contributed by atoms with Gasteiger partial charge in [-0.15, -0.1) is 0 Å². The van der Waals surface area contributed by atoms with Crippen molar-refractivity contribution in [2.45, 2.75) is 4.90 Å². The van der Waals surface area contributed by atoms with Crippen LogP contribution in [0.5, 0.6) is 5.75 Å². The van der Waals surface area contributed by atoms with Crippen molar-refractivity contribution in [1.29, 1.82) is 0 Å². The molecule has 0 unspecified atom stereocenters. The molecule has 0 aliphatic carbocycles. The summed E-state index contributed by atoms with van der Waals surface area (Å²) in [5.41, 5.74) is 0. The average molecular weight is 270 g/mol. The third-order valence-corrected chi connectivity index (χ3v) is 4.46. The van der Waals surface area contributed by atoms with Crippen LogP contribution in [0.25, 0.3) is 0 Å². The van der Waals surface area contributed by atoms with E-state index < -0.39 is 10.0 Å². The van der Waals surface area contributed by atoms with Crippen molar-refractivity contribution < 1.29 is 13.5 Å². The van der Waals surface area contributed by atoms with E-state index >= 15 is 0 Å². The Hall–Kier alpha value is -0.490. The minimum Gasteiger partial charge on any atom is -0.508 e. The van der Waals surface area contributed by atoms with Gasteiger partial charge < -0.3 is 5.11 Å². The predicted octanol–water partition coefficient (Wildman–Crippen LogP) is 1.95. The lowest BCUT2D eigenvalue weighted by Gasteiger charge is -2.14. The summed E-state index contributed by atoms with van der Waals surface area (Å²) in [6, 6.07) is 2.26. The van der Waals surface area contributed by atoms with Crippen LogP contribution >= 0.6 is 23.2 Å². The molecule has 1 rings (SSSR count). The molecule has 0 aromatic heterocycles. The lowest BCUT2D eigenvalue weighted by atomic mass is 10.3. The molecule has 0 aliphatic heterocycles. The second-order valence-corrected chi connectivity index (χ2v) is 5.93. The van der Waals surface area contributed by atoms with Gasteiger partial charge in [-0.1, -0.05) is 23.2 Å². The van der Waals surface area contributed by atoms with Crippen LogP contribution in [0.15, 0.2) is 17.0 Å². The second-order valence-electron chi connectivity index (χ2n) is 3.03. The van der Waals surface area contributed by atoms with E-state index in [0.717, 1.165) is 16.4 Å². The number of phenolic OH excluding ortho intramolecular Hbond substituents is 1. The molecule has 0 atom stereocenters. The fourth-order valence-corrected chi connectivity index (χ4v) is 3.01. The molecular weight excluding hydrogens is 261 g/mol. The van der Waals surface area contributed by atoms with Gasteiger partial charge in [-0.05, 0) is 12.1 Å². The minimum absolute atomic E-state index is 0.103. The van der Waals surface area contributed by atoms with Crippen LogP contribution in [-0.4, -0.2) is 31.9 Å². The number of sulfonamides is 1. The third kappa shape index (κ3) is 2.36. The van der Waals surface area contributed by atoms with E-state index in [1.165, 1.54) is 14.1 Å². The summed E-state index contributed by atoms with van der Waals surface area (Å²) < 4.78 is 24.5. The van der Waals surface area contributed by atoms with E-state index in [1.807, 2.05) is 0 Å². The molecule has 0 saturated heterocycles. The summed E-state index contributed by atoms with van der Waals surface area (Å²) in [6.07, 6.45) is 0. The van der Waals surface area contributed by atoms with E-state index in [-0.39, 0.29) is 20.7 Å². The molecule has 0 amide bonds. The molecule has 0 saturated carbocycles. The van der Waals surface area contributed by atoms with Crippen LogP contribution in [0.1, 0.15) is 0 Å². The van der Waals surface area contributed by atoms with Crippen molar-refractivity contribution in [3.63, 3.8) is 0 Å². The quantitative estimate of drug-likeness (QED) is 0.893. The molecule has 0 aliphatic rings. The molecule has 4 nitrogen and oxygen atoms in total. The van der Waals surface area contributed by atoms with E-state index in [0.29, 0.717) is 0 Å². The van der Waals surface area contributed by atoms with Crippen LogP contribution in [0.4, 0.5) is 0 Å². The van der Waals surface area contributed by atoms with Crippen molar-refractivity contribution in [2.75, 3.05) is 14.1 Å².